The molecular weight excluding hydrogens is 364 g/mol. The minimum Gasteiger partial charge on any atom is -0.378 e. The number of ketones is 1. The number of rotatable bonds is 7. The first kappa shape index (κ1) is 21.0. The Bertz CT molecular complexity index is 624. The summed E-state index contributed by atoms with van der Waals surface area (Å²) in [6.45, 7) is 12.0. The third-order valence-electron chi connectivity index (χ3n) is 8.29. The van der Waals surface area contributed by atoms with Crippen molar-refractivity contribution in [3.8, 4) is 0 Å². The molecule has 28 heavy (non-hydrogen) atoms. The highest BCUT2D eigenvalue weighted by atomic mass is 32.2. The molecule has 0 radical (unpaired) electrons. The normalized spacial score (nSPS) is 42.3. The van der Waals surface area contributed by atoms with Gasteiger partial charge < -0.3 is 4.74 Å². The molecular formula is C25H40O2S. The van der Waals surface area contributed by atoms with Crippen LogP contribution in [-0.2, 0) is 9.53 Å². The van der Waals surface area contributed by atoms with Crippen LogP contribution in [0.3, 0.4) is 0 Å². The SMILES string of the molecule is CCOC1CC2CC1C1CC(SC(C)CC(=O)C3CCC(C)(C)C=C3C)CC21. The summed E-state index contributed by atoms with van der Waals surface area (Å²) in [5, 5.41) is 1.23. The Labute approximate surface area is 176 Å². The molecule has 4 aliphatic carbocycles. The average Bonchev–Trinajstić information content (AvgIpc) is 3.25. The summed E-state index contributed by atoms with van der Waals surface area (Å²) in [5.41, 5.74) is 1.58. The summed E-state index contributed by atoms with van der Waals surface area (Å²) in [6, 6.07) is 0. The number of ether oxygens (including phenoxy) is 1. The van der Waals surface area contributed by atoms with E-state index in [1.165, 1.54) is 31.3 Å². The molecule has 2 bridgehead atoms. The van der Waals surface area contributed by atoms with Crippen LogP contribution in [0.1, 0.15) is 79.6 Å². The lowest BCUT2D eigenvalue weighted by Gasteiger charge is -2.32. The summed E-state index contributed by atoms with van der Waals surface area (Å²) >= 11 is 2.12. The highest BCUT2D eigenvalue weighted by Crippen LogP contribution is 2.61. The predicted molar refractivity (Wildman–Crippen MR) is 119 cm³/mol. The van der Waals surface area contributed by atoms with Gasteiger partial charge in [0.25, 0.3) is 0 Å². The minimum absolute atomic E-state index is 0.182. The monoisotopic (exact) mass is 404 g/mol. The molecule has 158 valence electrons. The van der Waals surface area contributed by atoms with Crippen molar-refractivity contribution in [2.24, 2.45) is 35.0 Å². The molecule has 3 heteroatoms. The van der Waals surface area contributed by atoms with Crippen molar-refractivity contribution in [3.05, 3.63) is 11.6 Å². The van der Waals surface area contributed by atoms with Gasteiger partial charge in [0.1, 0.15) is 5.78 Å². The molecule has 0 N–H and O–H groups in total. The Hall–Kier alpha value is -0.280. The first-order chi connectivity index (χ1) is 13.3. The first-order valence-electron chi connectivity index (χ1n) is 11.8. The van der Waals surface area contributed by atoms with E-state index in [9.17, 15) is 4.79 Å². The Morgan fingerprint density at radius 3 is 2.68 bits per heavy atom. The van der Waals surface area contributed by atoms with Crippen molar-refractivity contribution < 1.29 is 9.53 Å². The summed E-state index contributed by atoms with van der Waals surface area (Å²) in [4.78, 5) is 13.0. The zero-order valence-electron chi connectivity index (χ0n) is 18.6. The van der Waals surface area contributed by atoms with Gasteiger partial charge in [0, 0.05) is 29.4 Å². The molecule has 0 aromatic carbocycles. The van der Waals surface area contributed by atoms with Crippen LogP contribution in [-0.4, -0.2) is 29.0 Å². The number of hydrogen-bond donors (Lipinski definition) is 0. The van der Waals surface area contributed by atoms with Crippen LogP contribution in [0.25, 0.3) is 0 Å². The Balaban J connectivity index is 1.28. The number of thioether (sulfide) groups is 1. The molecule has 0 amide bonds. The van der Waals surface area contributed by atoms with E-state index in [2.05, 4.69) is 52.5 Å². The molecule has 0 aromatic heterocycles. The van der Waals surface area contributed by atoms with Gasteiger partial charge in [-0.15, -0.1) is 0 Å². The molecule has 0 spiro atoms. The van der Waals surface area contributed by atoms with E-state index in [0.29, 0.717) is 17.1 Å². The second-order valence-electron chi connectivity index (χ2n) is 10.9. The van der Waals surface area contributed by atoms with E-state index < -0.39 is 0 Å². The number of hydrogen-bond acceptors (Lipinski definition) is 3. The van der Waals surface area contributed by atoms with Crippen LogP contribution >= 0.6 is 11.8 Å². The molecule has 8 unspecified atom stereocenters. The Morgan fingerprint density at radius 2 is 1.96 bits per heavy atom. The first-order valence-corrected chi connectivity index (χ1v) is 12.7. The summed E-state index contributed by atoms with van der Waals surface area (Å²) in [5.74, 6) is 4.28. The lowest BCUT2D eigenvalue weighted by molar-refractivity contribution is -0.122. The maximum Gasteiger partial charge on any atom is 0.141 e. The summed E-state index contributed by atoms with van der Waals surface area (Å²) in [6.07, 6.45) is 11.3. The molecule has 0 heterocycles. The van der Waals surface area contributed by atoms with Gasteiger partial charge in [-0.2, -0.15) is 11.8 Å². The van der Waals surface area contributed by atoms with Crippen LogP contribution < -0.4 is 0 Å². The van der Waals surface area contributed by atoms with Gasteiger partial charge in [-0.1, -0.05) is 32.4 Å². The number of carbonyl (C=O) groups is 1. The van der Waals surface area contributed by atoms with Gasteiger partial charge in [-0.25, -0.2) is 0 Å². The number of carbonyl (C=O) groups excluding carboxylic acids is 1. The van der Waals surface area contributed by atoms with Crippen LogP contribution in [0, 0.1) is 35.0 Å². The molecule has 0 aromatic rings. The maximum atomic E-state index is 13.0. The zero-order valence-corrected chi connectivity index (χ0v) is 19.4. The van der Waals surface area contributed by atoms with Gasteiger partial charge in [0.2, 0.25) is 0 Å². The second-order valence-corrected chi connectivity index (χ2v) is 12.6. The van der Waals surface area contributed by atoms with Crippen LogP contribution in [0.2, 0.25) is 0 Å². The van der Waals surface area contributed by atoms with Crippen molar-refractivity contribution in [1.29, 1.82) is 0 Å². The molecule has 0 saturated heterocycles. The lowest BCUT2D eigenvalue weighted by atomic mass is 9.73. The third-order valence-corrected chi connectivity index (χ3v) is 9.69. The molecule has 4 rings (SSSR count). The lowest BCUT2D eigenvalue weighted by Crippen LogP contribution is -2.30. The fourth-order valence-electron chi connectivity index (χ4n) is 7.23. The van der Waals surface area contributed by atoms with E-state index >= 15 is 0 Å². The standard InChI is InChI=1S/C25H40O2S/c1-6-27-24-11-17-10-22(24)21-13-18(12-20(17)21)28-16(3)9-23(26)19-7-8-25(4,5)14-15(19)2/h14,16-22,24H,6-13H2,1-5H3. The van der Waals surface area contributed by atoms with Gasteiger partial charge in [-0.05, 0) is 81.5 Å². The van der Waals surface area contributed by atoms with E-state index in [1.54, 1.807) is 0 Å². The van der Waals surface area contributed by atoms with Crippen molar-refractivity contribution >= 4 is 17.5 Å². The fraction of sp³-hybridized carbons (Fsp3) is 0.880. The summed E-state index contributed by atoms with van der Waals surface area (Å²) < 4.78 is 6.05. The molecule has 3 fully saturated rings. The van der Waals surface area contributed by atoms with Crippen LogP contribution in [0.5, 0.6) is 0 Å². The Morgan fingerprint density at radius 1 is 1.21 bits per heavy atom. The molecule has 8 atom stereocenters. The number of Topliss-reactive ketones (excluding diaryl/α,β-unsaturated/α-hetero) is 1. The van der Waals surface area contributed by atoms with E-state index in [-0.39, 0.29) is 11.3 Å². The van der Waals surface area contributed by atoms with Crippen LogP contribution in [0.15, 0.2) is 11.6 Å². The van der Waals surface area contributed by atoms with Gasteiger partial charge in [-0.3, -0.25) is 4.79 Å². The quantitative estimate of drug-likeness (QED) is 0.466. The van der Waals surface area contributed by atoms with Crippen molar-refractivity contribution in [1.82, 2.24) is 0 Å². The number of allylic oxidation sites excluding steroid dienone is 2. The fourth-order valence-corrected chi connectivity index (χ4v) is 8.81. The topological polar surface area (TPSA) is 26.3 Å². The maximum absolute atomic E-state index is 13.0. The van der Waals surface area contributed by atoms with E-state index in [1.807, 2.05) is 0 Å². The molecule has 2 nitrogen and oxygen atoms in total. The molecule has 3 saturated carbocycles. The van der Waals surface area contributed by atoms with E-state index in [0.717, 1.165) is 54.8 Å². The number of fused-ring (bicyclic) bond motifs is 5. The van der Waals surface area contributed by atoms with E-state index in [4.69, 9.17) is 4.74 Å². The highest BCUT2D eigenvalue weighted by molar-refractivity contribution is 8.00. The average molecular weight is 405 g/mol. The van der Waals surface area contributed by atoms with Crippen molar-refractivity contribution in [2.45, 2.75) is 96.2 Å². The molecule has 0 aliphatic heterocycles. The smallest absolute Gasteiger partial charge is 0.141 e. The van der Waals surface area contributed by atoms with Crippen molar-refractivity contribution in [2.75, 3.05) is 6.61 Å². The summed E-state index contributed by atoms with van der Waals surface area (Å²) in [7, 11) is 0. The largest absolute Gasteiger partial charge is 0.378 e. The van der Waals surface area contributed by atoms with Gasteiger partial charge >= 0.3 is 0 Å². The third kappa shape index (κ3) is 4.13. The minimum atomic E-state index is 0.182. The van der Waals surface area contributed by atoms with Gasteiger partial charge in [0.05, 0.1) is 6.10 Å². The highest BCUT2D eigenvalue weighted by Gasteiger charge is 2.56. The van der Waals surface area contributed by atoms with Crippen LogP contribution in [0.4, 0.5) is 0 Å². The second kappa shape index (κ2) is 8.10. The van der Waals surface area contributed by atoms with Crippen molar-refractivity contribution in [3.63, 3.8) is 0 Å². The zero-order chi connectivity index (χ0) is 20.1. The van der Waals surface area contributed by atoms with Gasteiger partial charge in [0.15, 0.2) is 0 Å². The predicted octanol–water partition coefficient (Wildman–Crippen LogP) is 6.29. The molecule has 4 aliphatic rings. The Kier molecular flexibility index (Phi) is 6.07.